The summed E-state index contributed by atoms with van der Waals surface area (Å²) in [7, 11) is 1.32. The molecule has 0 radical (unpaired) electrons. The molecule has 0 aromatic rings. The standard InChI is InChI=1S/C10H20N2O3/c1-4-10(2,7-11)9(14)12-6-5-8(13)15-3/h4-7,11H2,1-3H3,(H,12,14). The molecule has 3 N–H and O–H groups in total. The minimum Gasteiger partial charge on any atom is -0.469 e. The van der Waals surface area contributed by atoms with Crippen molar-refractivity contribution in [2.45, 2.75) is 26.7 Å². The van der Waals surface area contributed by atoms with Crippen LogP contribution in [0.2, 0.25) is 0 Å². The summed E-state index contributed by atoms with van der Waals surface area (Å²) in [5.74, 6) is -0.447. The molecule has 0 aliphatic carbocycles. The molecule has 5 nitrogen and oxygen atoms in total. The van der Waals surface area contributed by atoms with Gasteiger partial charge in [-0.2, -0.15) is 0 Å². The molecule has 1 atom stereocenters. The quantitative estimate of drug-likeness (QED) is 0.614. The molecule has 15 heavy (non-hydrogen) atoms. The molecular formula is C10H20N2O3. The molecule has 88 valence electrons. The van der Waals surface area contributed by atoms with E-state index in [1.165, 1.54) is 7.11 Å². The lowest BCUT2D eigenvalue weighted by atomic mass is 9.87. The first kappa shape index (κ1) is 13.9. The van der Waals surface area contributed by atoms with Crippen molar-refractivity contribution in [2.24, 2.45) is 11.1 Å². The van der Waals surface area contributed by atoms with Gasteiger partial charge in [-0.3, -0.25) is 9.59 Å². The van der Waals surface area contributed by atoms with Crippen molar-refractivity contribution >= 4 is 11.9 Å². The molecule has 0 spiro atoms. The van der Waals surface area contributed by atoms with Gasteiger partial charge < -0.3 is 15.8 Å². The number of ether oxygens (including phenoxy) is 1. The molecule has 0 aliphatic heterocycles. The Balaban J connectivity index is 3.98. The van der Waals surface area contributed by atoms with Crippen LogP contribution in [0.4, 0.5) is 0 Å². The van der Waals surface area contributed by atoms with Crippen LogP contribution in [-0.2, 0) is 14.3 Å². The number of amides is 1. The summed E-state index contributed by atoms with van der Waals surface area (Å²) in [5.41, 5.74) is 4.98. The highest BCUT2D eigenvalue weighted by Gasteiger charge is 2.29. The van der Waals surface area contributed by atoms with Gasteiger partial charge in [-0.05, 0) is 13.3 Å². The molecular weight excluding hydrogens is 196 g/mol. The van der Waals surface area contributed by atoms with Crippen molar-refractivity contribution in [3.05, 3.63) is 0 Å². The minimum absolute atomic E-state index is 0.114. The number of nitrogens with two attached hydrogens (primary N) is 1. The second-order valence-corrected chi connectivity index (χ2v) is 3.70. The zero-order chi connectivity index (χ0) is 11.9. The maximum absolute atomic E-state index is 11.7. The molecule has 1 amide bonds. The van der Waals surface area contributed by atoms with Crippen LogP contribution in [0.5, 0.6) is 0 Å². The Morgan fingerprint density at radius 2 is 2.07 bits per heavy atom. The van der Waals surface area contributed by atoms with Gasteiger partial charge in [0.15, 0.2) is 0 Å². The summed E-state index contributed by atoms with van der Waals surface area (Å²) in [6.07, 6.45) is 0.861. The van der Waals surface area contributed by atoms with Gasteiger partial charge in [0.2, 0.25) is 5.91 Å². The van der Waals surface area contributed by atoms with Crippen LogP contribution in [-0.4, -0.2) is 32.1 Å². The maximum Gasteiger partial charge on any atom is 0.307 e. The summed E-state index contributed by atoms with van der Waals surface area (Å²) >= 11 is 0. The van der Waals surface area contributed by atoms with Gasteiger partial charge in [-0.1, -0.05) is 6.92 Å². The van der Waals surface area contributed by atoms with Gasteiger partial charge in [-0.25, -0.2) is 0 Å². The van der Waals surface area contributed by atoms with Crippen molar-refractivity contribution in [3.63, 3.8) is 0 Å². The second-order valence-electron chi connectivity index (χ2n) is 3.70. The molecule has 0 bridgehead atoms. The number of rotatable bonds is 6. The summed E-state index contributed by atoms with van der Waals surface area (Å²) in [6, 6.07) is 0. The molecule has 0 saturated carbocycles. The minimum atomic E-state index is -0.546. The highest BCUT2D eigenvalue weighted by atomic mass is 16.5. The number of carbonyl (C=O) groups is 2. The zero-order valence-electron chi connectivity index (χ0n) is 9.63. The van der Waals surface area contributed by atoms with Gasteiger partial charge in [0, 0.05) is 13.1 Å². The number of esters is 1. The first-order chi connectivity index (χ1) is 7.00. The molecule has 5 heteroatoms. The van der Waals surface area contributed by atoms with E-state index in [2.05, 4.69) is 10.1 Å². The molecule has 0 aromatic heterocycles. The fourth-order valence-corrected chi connectivity index (χ4v) is 0.991. The van der Waals surface area contributed by atoms with Crippen LogP contribution in [0.3, 0.4) is 0 Å². The van der Waals surface area contributed by atoms with E-state index >= 15 is 0 Å². The average Bonchev–Trinajstić information content (AvgIpc) is 2.27. The lowest BCUT2D eigenvalue weighted by Crippen LogP contribution is -2.44. The third-order valence-corrected chi connectivity index (χ3v) is 2.62. The van der Waals surface area contributed by atoms with E-state index in [0.29, 0.717) is 19.5 Å². The first-order valence-corrected chi connectivity index (χ1v) is 5.05. The van der Waals surface area contributed by atoms with E-state index in [1.807, 2.05) is 6.92 Å². The van der Waals surface area contributed by atoms with E-state index in [-0.39, 0.29) is 18.3 Å². The molecule has 0 aliphatic rings. The summed E-state index contributed by atoms with van der Waals surface area (Å²) in [4.78, 5) is 22.4. The fraction of sp³-hybridized carbons (Fsp3) is 0.800. The van der Waals surface area contributed by atoms with Crippen molar-refractivity contribution in [1.29, 1.82) is 0 Å². The number of hydrogen-bond acceptors (Lipinski definition) is 4. The first-order valence-electron chi connectivity index (χ1n) is 5.05. The van der Waals surface area contributed by atoms with Gasteiger partial charge in [0.1, 0.15) is 0 Å². The largest absolute Gasteiger partial charge is 0.469 e. The molecule has 0 aromatic carbocycles. The van der Waals surface area contributed by atoms with Gasteiger partial charge in [0.05, 0.1) is 18.9 Å². The normalized spacial score (nSPS) is 14.1. The van der Waals surface area contributed by atoms with Gasteiger partial charge in [-0.15, -0.1) is 0 Å². The molecule has 1 unspecified atom stereocenters. The molecule has 0 rings (SSSR count). The van der Waals surface area contributed by atoms with Crippen LogP contribution in [0.1, 0.15) is 26.7 Å². The van der Waals surface area contributed by atoms with E-state index in [0.717, 1.165) is 0 Å². The third kappa shape index (κ3) is 4.29. The predicted molar refractivity (Wildman–Crippen MR) is 57.1 cm³/mol. The van der Waals surface area contributed by atoms with E-state index < -0.39 is 5.41 Å². The van der Waals surface area contributed by atoms with E-state index in [4.69, 9.17) is 5.73 Å². The highest BCUT2D eigenvalue weighted by molar-refractivity contribution is 5.82. The highest BCUT2D eigenvalue weighted by Crippen LogP contribution is 2.18. The van der Waals surface area contributed by atoms with Crippen LogP contribution < -0.4 is 11.1 Å². The van der Waals surface area contributed by atoms with Crippen LogP contribution in [0.15, 0.2) is 0 Å². The lowest BCUT2D eigenvalue weighted by Gasteiger charge is -2.24. The fourth-order valence-electron chi connectivity index (χ4n) is 0.991. The smallest absolute Gasteiger partial charge is 0.307 e. The summed E-state index contributed by atoms with van der Waals surface area (Å²) in [5, 5.41) is 2.67. The van der Waals surface area contributed by atoms with Gasteiger partial charge in [0.25, 0.3) is 0 Å². The van der Waals surface area contributed by atoms with Crippen molar-refractivity contribution in [1.82, 2.24) is 5.32 Å². The summed E-state index contributed by atoms with van der Waals surface area (Å²) in [6.45, 7) is 4.31. The van der Waals surface area contributed by atoms with Crippen LogP contribution in [0.25, 0.3) is 0 Å². The number of hydrogen-bond donors (Lipinski definition) is 2. The second kappa shape index (κ2) is 6.40. The third-order valence-electron chi connectivity index (χ3n) is 2.62. The van der Waals surface area contributed by atoms with Crippen molar-refractivity contribution in [2.75, 3.05) is 20.2 Å². The molecule has 0 fully saturated rings. The predicted octanol–water partition coefficient (Wildman–Crippen LogP) is 0.0407. The van der Waals surface area contributed by atoms with Crippen LogP contribution in [0, 0.1) is 5.41 Å². The SMILES string of the molecule is CCC(C)(CN)C(=O)NCCC(=O)OC. The Labute approximate surface area is 90.4 Å². The number of methoxy groups -OCH3 is 1. The Morgan fingerprint density at radius 1 is 1.47 bits per heavy atom. The number of nitrogens with one attached hydrogen (secondary N) is 1. The van der Waals surface area contributed by atoms with Gasteiger partial charge >= 0.3 is 5.97 Å². The van der Waals surface area contributed by atoms with E-state index in [1.54, 1.807) is 6.92 Å². The monoisotopic (exact) mass is 216 g/mol. The van der Waals surface area contributed by atoms with E-state index in [9.17, 15) is 9.59 Å². The van der Waals surface area contributed by atoms with Crippen LogP contribution >= 0.6 is 0 Å². The topological polar surface area (TPSA) is 81.4 Å². The molecule has 0 heterocycles. The summed E-state index contributed by atoms with van der Waals surface area (Å²) < 4.78 is 4.46. The molecule has 0 saturated heterocycles. The zero-order valence-corrected chi connectivity index (χ0v) is 9.63. The average molecular weight is 216 g/mol. The Bertz CT molecular complexity index is 225. The Kier molecular flexibility index (Phi) is 5.93. The Morgan fingerprint density at radius 3 is 2.47 bits per heavy atom. The van der Waals surface area contributed by atoms with Crippen molar-refractivity contribution < 1.29 is 14.3 Å². The lowest BCUT2D eigenvalue weighted by molar-refractivity contribution is -0.140. The maximum atomic E-state index is 11.7. The Hall–Kier alpha value is -1.10. The number of carbonyl (C=O) groups excluding carboxylic acids is 2. The van der Waals surface area contributed by atoms with Crippen molar-refractivity contribution in [3.8, 4) is 0 Å².